The first-order chi connectivity index (χ1) is 12.5. The maximum atomic E-state index is 12.5. The zero-order chi connectivity index (χ0) is 18.3. The second kappa shape index (κ2) is 7.21. The monoisotopic (exact) mass is 393 g/mol. The third kappa shape index (κ3) is 3.74. The largest absolute Gasteiger partial charge is 0.331 e. The van der Waals surface area contributed by atoms with Crippen LogP contribution in [0.5, 0.6) is 0 Å². The fraction of sp³-hybridized carbons (Fsp3) is 0.647. The number of amides is 1. The number of piperazine rings is 1. The molecule has 0 bridgehead atoms. The van der Waals surface area contributed by atoms with E-state index in [1.165, 1.54) is 17.7 Å². The van der Waals surface area contributed by atoms with E-state index in [1.54, 1.807) is 11.3 Å². The Bertz CT molecular complexity index is 857. The van der Waals surface area contributed by atoms with Crippen molar-refractivity contribution in [3.8, 4) is 0 Å². The Hall–Kier alpha value is -1.58. The van der Waals surface area contributed by atoms with E-state index in [1.807, 2.05) is 28.9 Å². The third-order valence-corrected chi connectivity index (χ3v) is 6.63. The van der Waals surface area contributed by atoms with Gasteiger partial charge in [0.25, 0.3) is 0 Å². The van der Waals surface area contributed by atoms with Crippen LogP contribution in [0.4, 0.5) is 0 Å². The Balaban J connectivity index is 1.32. The molecule has 0 aromatic carbocycles. The zero-order valence-corrected chi connectivity index (χ0v) is 16.9. The molecule has 2 fully saturated rings. The molecule has 140 valence electrons. The lowest BCUT2D eigenvalue weighted by atomic mass is 10.3. The highest BCUT2D eigenvalue weighted by molar-refractivity contribution is 7.71. The average molecular weight is 394 g/mol. The molecule has 1 aliphatic heterocycles. The summed E-state index contributed by atoms with van der Waals surface area (Å²) in [6, 6.07) is 0. The standard InChI is InChI=1S/C17H24N6OS2/c1-12-10-26-14(18-12)9-15(24)22-7-5-21(6-8-22)11-23-17(25)20(2)16(19-23)13-3-4-13/h10,13H,3-9,11H2,1-2H3/p+1. The molecule has 1 amide bonds. The van der Waals surface area contributed by atoms with Crippen molar-refractivity contribution in [3.05, 3.63) is 26.7 Å². The molecule has 0 unspecified atom stereocenters. The highest BCUT2D eigenvalue weighted by atomic mass is 32.1. The van der Waals surface area contributed by atoms with Crippen LogP contribution >= 0.6 is 23.6 Å². The molecular formula is C17H25N6OS2+. The van der Waals surface area contributed by atoms with Gasteiger partial charge in [-0.25, -0.2) is 4.98 Å². The highest BCUT2D eigenvalue weighted by Crippen LogP contribution is 2.38. The van der Waals surface area contributed by atoms with Gasteiger partial charge >= 0.3 is 0 Å². The summed E-state index contributed by atoms with van der Waals surface area (Å²) in [7, 11) is 2.02. The number of thiazole rings is 1. The summed E-state index contributed by atoms with van der Waals surface area (Å²) in [6.45, 7) is 6.18. The Morgan fingerprint density at radius 2 is 2.12 bits per heavy atom. The Labute approximate surface area is 162 Å². The topological polar surface area (TPSA) is 60.4 Å². The van der Waals surface area contributed by atoms with Gasteiger partial charge < -0.3 is 14.4 Å². The molecule has 1 saturated heterocycles. The molecule has 9 heteroatoms. The van der Waals surface area contributed by atoms with Gasteiger partial charge in [-0.15, -0.1) is 11.3 Å². The van der Waals surface area contributed by atoms with Crippen molar-refractivity contribution in [1.82, 2.24) is 24.2 Å². The van der Waals surface area contributed by atoms with Gasteiger partial charge in [0.2, 0.25) is 10.7 Å². The van der Waals surface area contributed by atoms with Crippen molar-refractivity contribution in [2.45, 2.75) is 38.8 Å². The number of aryl methyl sites for hydroxylation is 1. The van der Waals surface area contributed by atoms with E-state index in [0.717, 1.165) is 54.1 Å². The molecule has 0 atom stereocenters. The summed E-state index contributed by atoms with van der Waals surface area (Å²) in [6.07, 6.45) is 2.88. The molecule has 0 radical (unpaired) electrons. The predicted molar refractivity (Wildman–Crippen MR) is 102 cm³/mol. The molecule has 1 N–H and O–H groups in total. The first kappa shape index (κ1) is 17.8. The SMILES string of the molecule is Cc1csc(CC(=O)N2CC[NH+](Cn3nc(C4CC4)n(C)c3=S)CC2)n1. The second-order valence-corrected chi connectivity index (χ2v) is 8.63. The van der Waals surface area contributed by atoms with Crippen LogP contribution in [0.25, 0.3) is 0 Å². The lowest BCUT2D eigenvalue weighted by Crippen LogP contribution is -3.14. The van der Waals surface area contributed by atoms with Gasteiger partial charge in [0, 0.05) is 24.0 Å². The molecular weight excluding hydrogens is 368 g/mol. The molecule has 3 heterocycles. The highest BCUT2D eigenvalue weighted by Gasteiger charge is 2.30. The fourth-order valence-electron chi connectivity index (χ4n) is 3.47. The van der Waals surface area contributed by atoms with Crippen molar-refractivity contribution >= 4 is 29.5 Å². The molecule has 1 saturated carbocycles. The quantitative estimate of drug-likeness (QED) is 0.753. The normalized spacial score (nSPS) is 18.5. The summed E-state index contributed by atoms with van der Waals surface area (Å²) >= 11 is 7.12. The predicted octanol–water partition coefficient (Wildman–Crippen LogP) is 0.521. The lowest BCUT2D eigenvalue weighted by molar-refractivity contribution is -0.927. The molecule has 2 aliphatic rings. The lowest BCUT2D eigenvalue weighted by Gasteiger charge is -2.31. The Kier molecular flexibility index (Phi) is 4.94. The van der Waals surface area contributed by atoms with Crippen molar-refractivity contribution < 1.29 is 9.69 Å². The van der Waals surface area contributed by atoms with Crippen LogP contribution < -0.4 is 4.90 Å². The number of nitrogens with zero attached hydrogens (tertiary/aromatic N) is 5. The van der Waals surface area contributed by atoms with Crippen molar-refractivity contribution in [1.29, 1.82) is 0 Å². The van der Waals surface area contributed by atoms with E-state index in [2.05, 4.69) is 9.55 Å². The van der Waals surface area contributed by atoms with E-state index >= 15 is 0 Å². The first-order valence-corrected chi connectivity index (χ1v) is 10.5. The van der Waals surface area contributed by atoms with Crippen molar-refractivity contribution in [2.75, 3.05) is 26.2 Å². The van der Waals surface area contributed by atoms with Gasteiger partial charge in [0.05, 0.1) is 32.6 Å². The average Bonchev–Trinajstić information content (AvgIpc) is 3.34. The van der Waals surface area contributed by atoms with E-state index in [-0.39, 0.29) is 5.91 Å². The van der Waals surface area contributed by atoms with Crippen molar-refractivity contribution in [2.24, 2.45) is 7.05 Å². The minimum Gasteiger partial charge on any atom is -0.331 e. The third-order valence-electron chi connectivity index (χ3n) is 5.18. The van der Waals surface area contributed by atoms with Crippen LogP contribution in [0.1, 0.15) is 35.3 Å². The minimum atomic E-state index is 0.184. The number of carbonyl (C=O) groups excluding carboxylic acids is 1. The molecule has 2 aromatic heterocycles. The van der Waals surface area contributed by atoms with E-state index < -0.39 is 0 Å². The van der Waals surface area contributed by atoms with Crippen LogP contribution in [0.3, 0.4) is 0 Å². The van der Waals surface area contributed by atoms with E-state index in [4.69, 9.17) is 17.3 Å². The van der Waals surface area contributed by atoms with Gasteiger partial charge in [-0.05, 0) is 32.0 Å². The van der Waals surface area contributed by atoms with Gasteiger partial charge in [-0.3, -0.25) is 4.79 Å². The Morgan fingerprint density at radius 1 is 1.38 bits per heavy atom. The molecule has 1 aliphatic carbocycles. The molecule has 7 nitrogen and oxygen atoms in total. The van der Waals surface area contributed by atoms with Crippen LogP contribution in [-0.2, 0) is 24.9 Å². The number of hydrogen-bond donors (Lipinski definition) is 1. The van der Waals surface area contributed by atoms with Crippen LogP contribution in [0.2, 0.25) is 0 Å². The maximum Gasteiger partial charge on any atom is 0.229 e. The summed E-state index contributed by atoms with van der Waals surface area (Å²) in [4.78, 5) is 20.3. The summed E-state index contributed by atoms with van der Waals surface area (Å²) in [5.41, 5.74) is 0.990. The van der Waals surface area contributed by atoms with E-state index in [9.17, 15) is 4.79 Å². The van der Waals surface area contributed by atoms with Gasteiger partial charge in [-0.2, -0.15) is 9.78 Å². The second-order valence-electron chi connectivity index (χ2n) is 7.32. The zero-order valence-electron chi connectivity index (χ0n) is 15.3. The number of hydrogen-bond acceptors (Lipinski definition) is 5. The first-order valence-electron chi connectivity index (χ1n) is 9.17. The molecule has 26 heavy (non-hydrogen) atoms. The number of rotatable bonds is 5. The smallest absolute Gasteiger partial charge is 0.229 e. The molecule has 0 spiro atoms. The Morgan fingerprint density at radius 3 is 2.73 bits per heavy atom. The number of nitrogens with one attached hydrogen (secondary N) is 1. The number of aromatic nitrogens is 4. The maximum absolute atomic E-state index is 12.5. The fourth-order valence-corrected chi connectivity index (χ4v) is 4.43. The minimum absolute atomic E-state index is 0.184. The van der Waals surface area contributed by atoms with Crippen LogP contribution in [0, 0.1) is 11.7 Å². The summed E-state index contributed by atoms with van der Waals surface area (Å²) in [5.74, 6) is 1.91. The molecule has 2 aromatic rings. The van der Waals surface area contributed by atoms with E-state index in [0.29, 0.717) is 12.3 Å². The molecule has 4 rings (SSSR count). The summed E-state index contributed by atoms with van der Waals surface area (Å²) < 4.78 is 4.83. The van der Waals surface area contributed by atoms with Crippen molar-refractivity contribution in [3.63, 3.8) is 0 Å². The van der Waals surface area contributed by atoms with Gasteiger partial charge in [-0.1, -0.05) is 0 Å². The number of quaternary nitrogens is 1. The van der Waals surface area contributed by atoms with Gasteiger partial charge in [0.1, 0.15) is 10.8 Å². The number of carbonyl (C=O) groups is 1. The summed E-state index contributed by atoms with van der Waals surface area (Å²) in [5, 5.41) is 7.65. The van der Waals surface area contributed by atoms with Crippen LogP contribution in [-0.4, -0.2) is 56.3 Å². The van der Waals surface area contributed by atoms with Gasteiger partial charge in [0.15, 0.2) is 6.67 Å². The van der Waals surface area contributed by atoms with Crippen LogP contribution in [0.15, 0.2) is 5.38 Å².